The molecule has 1 fully saturated rings. The Labute approximate surface area is 212 Å². The van der Waals surface area contributed by atoms with Crippen molar-refractivity contribution >= 4 is 17.7 Å². The molecule has 2 aliphatic rings. The number of carboxylic acid groups (broad SMARTS) is 1. The molecule has 0 radical (unpaired) electrons. The van der Waals surface area contributed by atoms with Crippen LogP contribution in [0.5, 0.6) is 5.75 Å². The summed E-state index contributed by atoms with van der Waals surface area (Å²) in [5.74, 6) is 0.867. The number of carbonyl (C=O) groups excluding carboxylic acids is 1. The molecule has 0 spiro atoms. The molecule has 0 unspecified atom stereocenters. The molecule has 2 heterocycles. The second kappa shape index (κ2) is 11.7. The second-order valence-electron chi connectivity index (χ2n) is 10.00. The van der Waals surface area contributed by atoms with E-state index < -0.39 is 17.9 Å². The number of nitrogens with one attached hydrogen (secondary N) is 2. The first-order valence-electron chi connectivity index (χ1n) is 12.9. The Bertz CT molecular complexity index is 1070. The van der Waals surface area contributed by atoms with E-state index in [2.05, 4.69) is 22.8 Å². The highest BCUT2D eigenvalue weighted by molar-refractivity contribution is 5.99. The molecule has 0 bridgehead atoms. The third-order valence-corrected chi connectivity index (χ3v) is 7.29. The van der Waals surface area contributed by atoms with Gasteiger partial charge in [0.05, 0.1) is 13.2 Å². The van der Waals surface area contributed by atoms with Gasteiger partial charge in [0, 0.05) is 30.8 Å². The summed E-state index contributed by atoms with van der Waals surface area (Å²) in [4.78, 5) is 29.3. The second-order valence-corrected chi connectivity index (χ2v) is 10.00. The highest BCUT2D eigenvalue weighted by Crippen LogP contribution is 2.34. The molecule has 1 aromatic heterocycles. The summed E-state index contributed by atoms with van der Waals surface area (Å²) in [5.41, 5.74) is 4.41. The lowest BCUT2D eigenvalue weighted by atomic mass is 9.79. The molecule has 4 rings (SSSR count). The van der Waals surface area contributed by atoms with E-state index in [-0.39, 0.29) is 12.5 Å². The Hall–Kier alpha value is -3.13. The van der Waals surface area contributed by atoms with Crippen LogP contribution >= 0.6 is 0 Å². The van der Waals surface area contributed by atoms with Crippen LogP contribution in [0.3, 0.4) is 0 Å². The van der Waals surface area contributed by atoms with Crippen LogP contribution in [0, 0.1) is 19.8 Å². The van der Waals surface area contributed by atoms with Crippen molar-refractivity contribution in [1.82, 2.24) is 10.3 Å². The van der Waals surface area contributed by atoms with Gasteiger partial charge < -0.3 is 25.2 Å². The smallest absolute Gasteiger partial charge is 0.326 e. The van der Waals surface area contributed by atoms with E-state index in [0.717, 1.165) is 61.3 Å². The predicted octanol–water partition coefficient (Wildman–Crippen LogP) is 4.07. The van der Waals surface area contributed by atoms with Crippen molar-refractivity contribution in [3.8, 4) is 5.75 Å². The number of carbonyl (C=O) groups is 2. The van der Waals surface area contributed by atoms with Crippen LogP contribution < -0.4 is 15.4 Å². The third kappa shape index (κ3) is 6.35. The number of methoxy groups -OCH3 is 1. The fourth-order valence-electron chi connectivity index (χ4n) is 5.15. The van der Waals surface area contributed by atoms with Crippen molar-refractivity contribution in [3.05, 3.63) is 52.2 Å². The summed E-state index contributed by atoms with van der Waals surface area (Å²) in [6.45, 7) is 4.93. The SMILES string of the molecule is COc1cc(C)c(C(=O)N[C@@H](CCO[C@H]2C[C@@H](CCc3ccc4c(n3)NCCC4)C2)C(=O)O)c(C)c1. The number of pyridine rings is 1. The lowest BCUT2D eigenvalue weighted by molar-refractivity contribution is -0.140. The van der Waals surface area contributed by atoms with Gasteiger partial charge in [-0.05, 0) is 93.2 Å². The molecule has 2 aromatic rings. The molecule has 1 aliphatic heterocycles. The molecule has 3 N–H and O–H groups in total. The molecule has 1 aliphatic carbocycles. The number of rotatable bonds is 11. The fourth-order valence-corrected chi connectivity index (χ4v) is 5.15. The van der Waals surface area contributed by atoms with E-state index >= 15 is 0 Å². The van der Waals surface area contributed by atoms with Crippen molar-refractivity contribution in [2.75, 3.05) is 25.6 Å². The first-order valence-corrected chi connectivity index (χ1v) is 12.9. The average Bonchev–Trinajstić information content (AvgIpc) is 2.83. The monoisotopic (exact) mass is 495 g/mol. The normalized spacial score (nSPS) is 19.4. The van der Waals surface area contributed by atoms with Crippen LogP contribution in [-0.4, -0.2) is 54.4 Å². The zero-order valence-corrected chi connectivity index (χ0v) is 21.4. The van der Waals surface area contributed by atoms with Gasteiger partial charge in [-0.2, -0.15) is 0 Å². The molecule has 8 heteroatoms. The molecule has 1 saturated carbocycles. The number of nitrogens with zero attached hydrogens (tertiary/aromatic N) is 1. The first-order chi connectivity index (χ1) is 17.3. The number of aliphatic carboxylic acids is 1. The molecule has 1 amide bonds. The zero-order valence-electron chi connectivity index (χ0n) is 21.4. The van der Waals surface area contributed by atoms with Gasteiger partial charge >= 0.3 is 5.97 Å². The van der Waals surface area contributed by atoms with Gasteiger partial charge in [0.25, 0.3) is 5.91 Å². The maximum atomic E-state index is 12.8. The first kappa shape index (κ1) is 25.9. The van der Waals surface area contributed by atoms with E-state index in [4.69, 9.17) is 14.5 Å². The van der Waals surface area contributed by atoms with E-state index in [1.807, 2.05) is 13.8 Å². The van der Waals surface area contributed by atoms with Crippen LogP contribution in [0.2, 0.25) is 0 Å². The Balaban J connectivity index is 1.18. The third-order valence-electron chi connectivity index (χ3n) is 7.29. The number of hydrogen-bond acceptors (Lipinski definition) is 6. The van der Waals surface area contributed by atoms with Crippen LogP contribution in [0.25, 0.3) is 0 Å². The van der Waals surface area contributed by atoms with E-state index in [0.29, 0.717) is 23.8 Å². The standard InChI is InChI=1S/C28H37N3O5/c1-17-13-22(35-3)14-18(2)25(17)27(32)31-24(28(33)34)10-12-36-23-15-19(16-23)6-8-21-9-7-20-5-4-11-29-26(20)30-21/h7,9,13-14,19,23-24H,4-6,8,10-12,15-16H2,1-3H3,(H,29,30)(H,31,32)(H,33,34)/t19-,23+,24-/m0/s1. The summed E-state index contributed by atoms with van der Waals surface area (Å²) in [5, 5.41) is 15.7. The van der Waals surface area contributed by atoms with Crippen LogP contribution in [0.15, 0.2) is 24.3 Å². The number of fused-ring (bicyclic) bond motifs is 1. The number of hydrogen-bond donors (Lipinski definition) is 3. The highest BCUT2D eigenvalue weighted by Gasteiger charge is 2.30. The lowest BCUT2D eigenvalue weighted by Gasteiger charge is -2.35. The highest BCUT2D eigenvalue weighted by atomic mass is 16.5. The van der Waals surface area contributed by atoms with Crippen molar-refractivity contribution in [1.29, 1.82) is 0 Å². The van der Waals surface area contributed by atoms with E-state index in [1.54, 1.807) is 19.2 Å². The van der Waals surface area contributed by atoms with Crippen LogP contribution in [-0.2, 0) is 22.4 Å². The summed E-state index contributed by atoms with van der Waals surface area (Å²) < 4.78 is 11.2. The maximum absolute atomic E-state index is 12.8. The molecule has 36 heavy (non-hydrogen) atoms. The van der Waals surface area contributed by atoms with Crippen molar-refractivity contribution in [2.24, 2.45) is 5.92 Å². The number of aryl methyl sites for hydroxylation is 4. The van der Waals surface area contributed by atoms with Crippen LogP contribution in [0.4, 0.5) is 5.82 Å². The Morgan fingerprint density at radius 3 is 2.67 bits per heavy atom. The molecule has 194 valence electrons. The largest absolute Gasteiger partial charge is 0.497 e. The van der Waals surface area contributed by atoms with Gasteiger partial charge in [0.15, 0.2) is 0 Å². The maximum Gasteiger partial charge on any atom is 0.326 e. The van der Waals surface area contributed by atoms with Gasteiger partial charge in [-0.1, -0.05) is 6.07 Å². The van der Waals surface area contributed by atoms with E-state index in [1.165, 1.54) is 12.0 Å². The topological polar surface area (TPSA) is 110 Å². The van der Waals surface area contributed by atoms with E-state index in [9.17, 15) is 14.7 Å². The quantitative estimate of drug-likeness (QED) is 0.431. The molecule has 0 saturated heterocycles. The number of anilines is 1. The Morgan fingerprint density at radius 1 is 1.22 bits per heavy atom. The van der Waals surface area contributed by atoms with Gasteiger partial charge in [0.2, 0.25) is 0 Å². The Morgan fingerprint density at radius 2 is 1.97 bits per heavy atom. The van der Waals surface area contributed by atoms with Crippen molar-refractivity contribution < 1.29 is 24.2 Å². The summed E-state index contributed by atoms with van der Waals surface area (Å²) in [6, 6.07) is 6.88. The minimum absolute atomic E-state index is 0.157. The molecule has 1 aromatic carbocycles. The fraction of sp³-hybridized carbons (Fsp3) is 0.536. The zero-order chi connectivity index (χ0) is 25.7. The Kier molecular flexibility index (Phi) is 8.46. The molecule has 8 nitrogen and oxygen atoms in total. The van der Waals surface area contributed by atoms with Crippen LogP contribution in [0.1, 0.15) is 64.8 Å². The number of benzene rings is 1. The summed E-state index contributed by atoms with van der Waals surface area (Å²) >= 11 is 0. The summed E-state index contributed by atoms with van der Waals surface area (Å²) in [7, 11) is 1.57. The number of aromatic nitrogens is 1. The molecular weight excluding hydrogens is 458 g/mol. The average molecular weight is 496 g/mol. The van der Waals surface area contributed by atoms with Crippen molar-refractivity contribution in [2.45, 2.75) is 70.9 Å². The number of amides is 1. The minimum Gasteiger partial charge on any atom is -0.497 e. The van der Waals surface area contributed by atoms with Gasteiger partial charge in [-0.3, -0.25) is 4.79 Å². The number of carboxylic acids is 1. The van der Waals surface area contributed by atoms with Gasteiger partial charge in [0.1, 0.15) is 17.6 Å². The van der Waals surface area contributed by atoms with Gasteiger partial charge in [-0.15, -0.1) is 0 Å². The summed E-state index contributed by atoms with van der Waals surface area (Å²) in [6.07, 6.45) is 6.66. The minimum atomic E-state index is -1.06. The molecule has 1 atom stereocenters. The van der Waals surface area contributed by atoms with Crippen molar-refractivity contribution in [3.63, 3.8) is 0 Å². The lowest BCUT2D eigenvalue weighted by Crippen LogP contribution is -2.42. The van der Waals surface area contributed by atoms with Gasteiger partial charge in [-0.25, -0.2) is 9.78 Å². The predicted molar refractivity (Wildman–Crippen MR) is 138 cm³/mol. The molecular formula is C28H37N3O5. The number of ether oxygens (including phenoxy) is 2.